The average Bonchev–Trinajstić information content (AvgIpc) is 2.70. The fraction of sp³-hybridized carbons (Fsp3) is 0.136. The maximum Gasteiger partial charge on any atom is 0.290 e. The number of carbonyl (C=O) groups excluding carboxylic acids is 1. The number of halogens is 1. The summed E-state index contributed by atoms with van der Waals surface area (Å²) in [4.78, 5) is 25.4. The highest BCUT2D eigenvalue weighted by Gasteiger charge is 2.40. The molecule has 3 aromatic carbocycles. The summed E-state index contributed by atoms with van der Waals surface area (Å²) in [5.74, 6) is -0.509. The molecule has 0 heterocycles. The van der Waals surface area contributed by atoms with Crippen LogP contribution < -0.4 is 0 Å². The average molecular weight is 412 g/mol. The Labute approximate surface area is 172 Å². The number of thioether (sulfide) groups is 1. The van der Waals surface area contributed by atoms with Crippen molar-refractivity contribution >= 4 is 29.1 Å². The lowest BCUT2D eigenvalue weighted by atomic mass is 9.97. The fourth-order valence-corrected chi connectivity index (χ4v) is 4.21. The van der Waals surface area contributed by atoms with Crippen LogP contribution in [0.3, 0.4) is 0 Å². The minimum atomic E-state index is -1.42. The van der Waals surface area contributed by atoms with Gasteiger partial charge >= 0.3 is 0 Å². The molecule has 0 bridgehead atoms. The summed E-state index contributed by atoms with van der Waals surface area (Å²) in [5, 5.41) is 11.8. The number of nitrogens with zero attached hydrogens (tertiary/aromatic N) is 1. The molecule has 0 amide bonds. The summed E-state index contributed by atoms with van der Waals surface area (Å²) in [5.41, 5.74) is 2.10. The van der Waals surface area contributed by atoms with Crippen LogP contribution in [0.4, 0.5) is 0 Å². The monoisotopic (exact) mass is 411 g/mol. The maximum atomic E-state index is 13.0. The molecular formula is C22H18ClNO3S. The molecule has 0 aliphatic heterocycles. The molecule has 0 saturated carbocycles. The van der Waals surface area contributed by atoms with Crippen LogP contribution in [-0.2, 0) is 0 Å². The molecule has 0 aliphatic carbocycles. The van der Waals surface area contributed by atoms with Crippen molar-refractivity contribution in [3.8, 4) is 0 Å². The summed E-state index contributed by atoms with van der Waals surface area (Å²) in [7, 11) is 0. The standard InChI is InChI=1S/C22H18ClNO3S/c1-15-7-13-19(14-8-15)28-22(17-9-11-18(23)12-10-17)20(24(26)27)21(25)16-5-3-2-4-6-16/h2-14,20,22H,1H3. The van der Waals surface area contributed by atoms with E-state index in [0.717, 1.165) is 10.5 Å². The molecule has 0 spiro atoms. The first-order chi connectivity index (χ1) is 13.5. The lowest BCUT2D eigenvalue weighted by molar-refractivity contribution is -0.505. The third kappa shape index (κ3) is 4.80. The highest BCUT2D eigenvalue weighted by Crippen LogP contribution is 2.40. The van der Waals surface area contributed by atoms with Crippen LogP contribution in [0.2, 0.25) is 5.02 Å². The van der Waals surface area contributed by atoms with Crippen LogP contribution >= 0.6 is 23.4 Å². The van der Waals surface area contributed by atoms with Crippen molar-refractivity contribution in [1.29, 1.82) is 0 Å². The molecule has 0 aliphatic rings. The Kier molecular flexibility index (Phi) is 6.49. The summed E-state index contributed by atoms with van der Waals surface area (Å²) < 4.78 is 0. The lowest BCUT2D eigenvalue weighted by Crippen LogP contribution is -2.34. The first-order valence-corrected chi connectivity index (χ1v) is 9.93. The van der Waals surface area contributed by atoms with E-state index in [2.05, 4.69) is 0 Å². The second kappa shape index (κ2) is 9.04. The Hall–Kier alpha value is -2.63. The van der Waals surface area contributed by atoms with Gasteiger partial charge in [0.2, 0.25) is 5.78 Å². The van der Waals surface area contributed by atoms with Crippen LogP contribution in [0, 0.1) is 17.0 Å². The molecule has 3 aromatic rings. The Morgan fingerprint density at radius 3 is 2.14 bits per heavy atom. The molecule has 2 atom stereocenters. The highest BCUT2D eigenvalue weighted by molar-refractivity contribution is 7.99. The normalized spacial score (nSPS) is 12.9. The number of hydrogen-bond acceptors (Lipinski definition) is 4. The molecule has 28 heavy (non-hydrogen) atoms. The second-order valence-electron chi connectivity index (χ2n) is 6.36. The van der Waals surface area contributed by atoms with E-state index in [1.165, 1.54) is 11.8 Å². The van der Waals surface area contributed by atoms with Crippen molar-refractivity contribution < 1.29 is 9.72 Å². The molecule has 0 aromatic heterocycles. The van der Waals surface area contributed by atoms with E-state index < -0.39 is 22.0 Å². The number of benzene rings is 3. The van der Waals surface area contributed by atoms with Crippen molar-refractivity contribution in [3.05, 3.63) is 111 Å². The van der Waals surface area contributed by atoms with Gasteiger partial charge in [0, 0.05) is 20.4 Å². The first-order valence-electron chi connectivity index (χ1n) is 8.67. The molecule has 6 heteroatoms. The van der Waals surface area contributed by atoms with E-state index in [4.69, 9.17) is 11.6 Å². The molecule has 0 saturated heterocycles. The zero-order chi connectivity index (χ0) is 20.1. The zero-order valence-corrected chi connectivity index (χ0v) is 16.7. The summed E-state index contributed by atoms with van der Waals surface area (Å²) >= 11 is 7.30. The van der Waals surface area contributed by atoms with Crippen molar-refractivity contribution in [2.75, 3.05) is 0 Å². The van der Waals surface area contributed by atoms with Crippen LogP contribution in [0.1, 0.15) is 26.7 Å². The van der Waals surface area contributed by atoms with E-state index in [0.29, 0.717) is 16.1 Å². The largest absolute Gasteiger partial charge is 0.290 e. The second-order valence-corrected chi connectivity index (χ2v) is 8.01. The Morgan fingerprint density at radius 2 is 1.57 bits per heavy atom. The predicted octanol–water partition coefficient (Wildman–Crippen LogP) is 6.01. The smallest absolute Gasteiger partial charge is 0.286 e. The van der Waals surface area contributed by atoms with E-state index in [1.807, 2.05) is 31.2 Å². The third-order valence-electron chi connectivity index (χ3n) is 4.32. The lowest BCUT2D eigenvalue weighted by Gasteiger charge is -2.20. The van der Waals surface area contributed by atoms with Gasteiger partial charge in [-0.05, 0) is 36.8 Å². The summed E-state index contributed by atoms with van der Waals surface area (Å²) in [6.45, 7) is 1.98. The van der Waals surface area contributed by atoms with Crippen LogP contribution in [0.25, 0.3) is 0 Å². The predicted molar refractivity (Wildman–Crippen MR) is 113 cm³/mol. The molecule has 0 fully saturated rings. The minimum Gasteiger partial charge on any atom is -0.286 e. The van der Waals surface area contributed by atoms with E-state index in [9.17, 15) is 14.9 Å². The van der Waals surface area contributed by atoms with E-state index >= 15 is 0 Å². The van der Waals surface area contributed by atoms with Gasteiger partial charge in [-0.1, -0.05) is 71.8 Å². The van der Waals surface area contributed by atoms with Crippen LogP contribution in [0.5, 0.6) is 0 Å². The molecule has 4 nitrogen and oxygen atoms in total. The number of nitro groups is 1. The van der Waals surface area contributed by atoms with Crippen molar-refractivity contribution in [2.45, 2.75) is 23.1 Å². The number of ketones is 1. The summed E-state index contributed by atoms with van der Waals surface area (Å²) in [6, 6.07) is 21.5. The molecule has 2 unspecified atom stereocenters. The van der Waals surface area contributed by atoms with Gasteiger partial charge in [0.1, 0.15) is 5.25 Å². The molecular weight excluding hydrogens is 394 g/mol. The zero-order valence-electron chi connectivity index (χ0n) is 15.1. The third-order valence-corrected chi connectivity index (χ3v) is 5.90. The van der Waals surface area contributed by atoms with Gasteiger partial charge in [-0.3, -0.25) is 14.9 Å². The Morgan fingerprint density at radius 1 is 0.964 bits per heavy atom. The van der Waals surface area contributed by atoms with Gasteiger partial charge in [-0.2, -0.15) is 0 Å². The quantitative estimate of drug-likeness (QED) is 0.207. The van der Waals surface area contributed by atoms with Crippen LogP contribution in [0.15, 0.2) is 83.8 Å². The van der Waals surface area contributed by atoms with E-state index in [-0.39, 0.29) is 0 Å². The molecule has 3 rings (SSSR count). The number of rotatable bonds is 7. The van der Waals surface area contributed by atoms with Gasteiger partial charge in [0.15, 0.2) is 0 Å². The number of carbonyl (C=O) groups is 1. The van der Waals surface area contributed by atoms with Gasteiger partial charge in [0.05, 0.1) is 0 Å². The van der Waals surface area contributed by atoms with Gasteiger partial charge in [-0.25, -0.2) is 0 Å². The first kappa shape index (κ1) is 20.1. The van der Waals surface area contributed by atoms with Gasteiger partial charge in [0.25, 0.3) is 6.04 Å². The highest BCUT2D eigenvalue weighted by atomic mass is 35.5. The SMILES string of the molecule is Cc1ccc(SC(c2ccc(Cl)cc2)C(C(=O)c2ccccc2)[N+](=O)[O-])cc1. The van der Waals surface area contributed by atoms with Crippen LogP contribution in [-0.4, -0.2) is 16.7 Å². The molecule has 0 N–H and O–H groups in total. The van der Waals surface area contributed by atoms with Gasteiger partial charge < -0.3 is 0 Å². The van der Waals surface area contributed by atoms with Gasteiger partial charge in [-0.15, -0.1) is 11.8 Å². The van der Waals surface area contributed by atoms with Crippen molar-refractivity contribution in [1.82, 2.24) is 0 Å². The van der Waals surface area contributed by atoms with Crippen molar-refractivity contribution in [3.63, 3.8) is 0 Å². The Balaban J connectivity index is 2.03. The Bertz CT molecular complexity index is 959. The number of Topliss-reactive ketones (excluding diaryl/α,β-unsaturated/α-hetero) is 1. The summed E-state index contributed by atoms with van der Waals surface area (Å²) in [6.07, 6.45) is 0. The maximum absolute atomic E-state index is 13.0. The number of hydrogen-bond donors (Lipinski definition) is 0. The van der Waals surface area contributed by atoms with E-state index in [1.54, 1.807) is 54.6 Å². The fourth-order valence-electron chi connectivity index (χ4n) is 2.85. The topological polar surface area (TPSA) is 60.2 Å². The molecule has 142 valence electrons. The number of aryl methyl sites for hydroxylation is 1. The van der Waals surface area contributed by atoms with Crippen molar-refractivity contribution in [2.24, 2.45) is 0 Å². The molecule has 0 radical (unpaired) electrons. The minimum absolute atomic E-state index is 0.327.